The summed E-state index contributed by atoms with van der Waals surface area (Å²) >= 11 is 1.70. The first-order chi connectivity index (χ1) is 8.36. The Hall–Kier alpha value is -1.32. The number of hydrogen-bond acceptors (Lipinski definition) is 3. The molecule has 1 aromatic carbocycles. The smallest absolute Gasteiger partial charge is 0.122 e. The molecular formula is C14H15NOS. The van der Waals surface area contributed by atoms with Gasteiger partial charge in [0.15, 0.2) is 0 Å². The minimum Gasteiger partial charge on any atom is -0.493 e. The second-order valence-corrected chi connectivity index (χ2v) is 5.14. The molecule has 2 N–H and O–H groups in total. The van der Waals surface area contributed by atoms with E-state index in [0.29, 0.717) is 5.92 Å². The van der Waals surface area contributed by atoms with Crippen molar-refractivity contribution in [2.75, 3.05) is 6.61 Å². The van der Waals surface area contributed by atoms with E-state index in [9.17, 15) is 0 Å². The molecule has 2 aromatic rings. The van der Waals surface area contributed by atoms with Gasteiger partial charge in [0, 0.05) is 12.0 Å². The van der Waals surface area contributed by atoms with E-state index in [1.807, 2.05) is 12.1 Å². The molecule has 2 nitrogen and oxygen atoms in total. The summed E-state index contributed by atoms with van der Waals surface area (Å²) in [7, 11) is 0. The lowest BCUT2D eigenvalue weighted by atomic mass is 9.84. The van der Waals surface area contributed by atoms with E-state index >= 15 is 0 Å². The molecule has 0 bridgehead atoms. The highest BCUT2D eigenvalue weighted by molar-refractivity contribution is 7.07. The molecule has 1 aromatic heterocycles. The van der Waals surface area contributed by atoms with Crippen LogP contribution in [0.2, 0.25) is 0 Å². The van der Waals surface area contributed by atoms with Crippen molar-refractivity contribution in [2.24, 2.45) is 5.73 Å². The Balaban J connectivity index is 1.95. The molecular weight excluding hydrogens is 230 g/mol. The first-order valence-electron chi connectivity index (χ1n) is 5.85. The summed E-state index contributed by atoms with van der Waals surface area (Å²) in [5.74, 6) is 1.36. The van der Waals surface area contributed by atoms with Gasteiger partial charge in [-0.15, -0.1) is 0 Å². The number of thiophene rings is 1. The summed E-state index contributed by atoms with van der Waals surface area (Å²) in [6.45, 7) is 0.763. The number of nitrogens with two attached hydrogens (primary N) is 1. The second-order valence-electron chi connectivity index (χ2n) is 4.36. The Morgan fingerprint density at radius 1 is 1.29 bits per heavy atom. The number of rotatable bonds is 2. The van der Waals surface area contributed by atoms with E-state index in [0.717, 1.165) is 18.8 Å². The number of fused-ring (bicyclic) bond motifs is 1. The number of para-hydroxylation sites is 1. The Kier molecular flexibility index (Phi) is 2.87. The molecule has 1 aliphatic heterocycles. The molecule has 0 amide bonds. The summed E-state index contributed by atoms with van der Waals surface area (Å²) in [4.78, 5) is 0. The van der Waals surface area contributed by atoms with Gasteiger partial charge in [-0.05, 0) is 40.4 Å². The van der Waals surface area contributed by atoms with Crippen LogP contribution in [0.15, 0.2) is 41.1 Å². The Labute approximate surface area is 105 Å². The lowest BCUT2D eigenvalue weighted by Crippen LogP contribution is -2.25. The fourth-order valence-electron chi connectivity index (χ4n) is 2.44. The van der Waals surface area contributed by atoms with E-state index < -0.39 is 0 Å². The van der Waals surface area contributed by atoms with Gasteiger partial charge >= 0.3 is 0 Å². The zero-order valence-electron chi connectivity index (χ0n) is 9.50. The third-order valence-corrected chi connectivity index (χ3v) is 4.07. The van der Waals surface area contributed by atoms with Crippen LogP contribution in [0.1, 0.15) is 29.5 Å². The minimum atomic E-state index is 0.0753. The molecule has 0 spiro atoms. The van der Waals surface area contributed by atoms with Crippen molar-refractivity contribution >= 4 is 11.3 Å². The number of ether oxygens (including phenoxy) is 1. The van der Waals surface area contributed by atoms with Crippen LogP contribution in [0.25, 0.3) is 0 Å². The molecule has 0 saturated heterocycles. The zero-order valence-corrected chi connectivity index (χ0v) is 10.3. The summed E-state index contributed by atoms with van der Waals surface area (Å²) in [6.07, 6.45) is 0.994. The van der Waals surface area contributed by atoms with Gasteiger partial charge in [-0.3, -0.25) is 0 Å². The van der Waals surface area contributed by atoms with Crippen molar-refractivity contribution < 1.29 is 4.74 Å². The third kappa shape index (κ3) is 1.96. The minimum absolute atomic E-state index is 0.0753. The standard InChI is InChI=1S/C14H15NOS/c15-14(10-6-8-17-9-10)12-5-7-16-13-4-2-1-3-11(12)13/h1-4,6,8-9,12,14H,5,7,15H2. The lowest BCUT2D eigenvalue weighted by Gasteiger charge is -2.30. The third-order valence-electron chi connectivity index (χ3n) is 3.37. The Bertz CT molecular complexity index is 495. The number of hydrogen-bond donors (Lipinski definition) is 1. The van der Waals surface area contributed by atoms with Gasteiger partial charge in [0.25, 0.3) is 0 Å². The molecule has 0 radical (unpaired) electrons. The first-order valence-corrected chi connectivity index (χ1v) is 6.80. The van der Waals surface area contributed by atoms with E-state index in [-0.39, 0.29) is 6.04 Å². The lowest BCUT2D eigenvalue weighted by molar-refractivity contribution is 0.256. The Morgan fingerprint density at radius 2 is 2.18 bits per heavy atom. The predicted octanol–water partition coefficient (Wildman–Crippen LogP) is 3.31. The molecule has 3 rings (SSSR count). The Morgan fingerprint density at radius 3 is 3.00 bits per heavy atom. The molecule has 2 atom stereocenters. The van der Waals surface area contributed by atoms with E-state index in [4.69, 9.17) is 10.5 Å². The fraction of sp³-hybridized carbons (Fsp3) is 0.286. The summed E-state index contributed by atoms with van der Waals surface area (Å²) in [5, 5.41) is 4.23. The number of benzene rings is 1. The van der Waals surface area contributed by atoms with Crippen LogP contribution >= 0.6 is 11.3 Å². The molecule has 3 heteroatoms. The summed E-state index contributed by atoms with van der Waals surface area (Å²) in [5.41, 5.74) is 8.86. The van der Waals surface area contributed by atoms with Gasteiger partial charge in [-0.2, -0.15) is 11.3 Å². The van der Waals surface area contributed by atoms with Gasteiger partial charge in [-0.1, -0.05) is 18.2 Å². The zero-order chi connectivity index (χ0) is 11.7. The van der Waals surface area contributed by atoms with Crippen molar-refractivity contribution in [2.45, 2.75) is 18.4 Å². The van der Waals surface area contributed by atoms with Crippen molar-refractivity contribution in [3.63, 3.8) is 0 Å². The monoisotopic (exact) mass is 245 g/mol. The second kappa shape index (κ2) is 4.51. The van der Waals surface area contributed by atoms with Gasteiger partial charge in [0.05, 0.1) is 6.61 Å². The van der Waals surface area contributed by atoms with Crippen LogP contribution in [0.4, 0.5) is 0 Å². The van der Waals surface area contributed by atoms with Gasteiger partial charge < -0.3 is 10.5 Å². The quantitative estimate of drug-likeness (QED) is 0.881. The van der Waals surface area contributed by atoms with Crippen molar-refractivity contribution in [3.05, 3.63) is 52.2 Å². The van der Waals surface area contributed by atoms with Crippen molar-refractivity contribution in [1.29, 1.82) is 0 Å². The van der Waals surface area contributed by atoms with Crippen LogP contribution in [-0.2, 0) is 0 Å². The highest BCUT2D eigenvalue weighted by atomic mass is 32.1. The van der Waals surface area contributed by atoms with Gasteiger partial charge in [0.1, 0.15) is 5.75 Å². The summed E-state index contributed by atoms with van der Waals surface area (Å²) < 4.78 is 5.67. The van der Waals surface area contributed by atoms with E-state index in [1.165, 1.54) is 11.1 Å². The van der Waals surface area contributed by atoms with E-state index in [1.54, 1.807) is 11.3 Å². The molecule has 2 heterocycles. The van der Waals surface area contributed by atoms with Crippen molar-refractivity contribution in [1.82, 2.24) is 0 Å². The normalized spacial score (nSPS) is 20.4. The maximum absolute atomic E-state index is 6.38. The van der Waals surface area contributed by atoms with Gasteiger partial charge in [0.2, 0.25) is 0 Å². The first kappa shape index (κ1) is 10.8. The molecule has 0 aliphatic carbocycles. The fourth-order valence-corrected chi connectivity index (χ4v) is 3.15. The molecule has 17 heavy (non-hydrogen) atoms. The predicted molar refractivity (Wildman–Crippen MR) is 70.5 cm³/mol. The largest absolute Gasteiger partial charge is 0.493 e. The molecule has 1 aliphatic rings. The van der Waals surface area contributed by atoms with Crippen LogP contribution in [-0.4, -0.2) is 6.61 Å². The maximum atomic E-state index is 6.38. The summed E-state index contributed by atoms with van der Waals surface area (Å²) in [6, 6.07) is 10.4. The molecule has 0 saturated carbocycles. The molecule has 88 valence electrons. The average molecular weight is 245 g/mol. The highest BCUT2D eigenvalue weighted by Crippen LogP contribution is 2.40. The van der Waals surface area contributed by atoms with Crippen LogP contribution < -0.4 is 10.5 Å². The van der Waals surface area contributed by atoms with Crippen molar-refractivity contribution in [3.8, 4) is 5.75 Å². The van der Waals surface area contributed by atoms with Gasteiger partial charge in [-0.25, -0.2) is 0 Å². The van der Waals surface area contributed by atoms with E-state index in [2.05, 4.69) is 29.0 Å². The molecule has 0 fully saturated rings. The SMILES string of the molecule is NC(c1ccsc1)C1CCOc2ccccc21. The van der Waals surface area contributed by atoms with Crippen LogP contribution in [0.3, 0.4) is 0 Å². The average Bonchev–Trinajstić information content (AvgIpc) is 2.91. The van der Waals surface area contributed by atoms with Crippen LogP contribution in [0.5, 0.6) is 5.75 Å². The molecule has 2 unspecified atom stereocenters. The maximum Gasteiger partial charge on any atom is 0.122 e. The highest BCUT2D eigenvalue weighted by Gasteiger charge is 2.27. The topological polar surface area (TPSA) is 35.2 Å². The van der Waals surface area contributed by atoms with Crippen LogP contribution in [0, 0.1) is 0 Å².